The zero-order valence-corrected chi connectivity index (χ0v) is 10.7. The normalized spacial score (nSPS) is 19.4. The van der Waals surface area contributed by atoms with Crippen molar-refractivity contribution in [3.63, 3.8) is 0 Å². The Kier molecular flexibility index (Phi) is 3.86. The highest BCUT2D eigenvalue weighted by atomic mass is 16.3. The predicted octanol–water partition coefficient (Wildman–Crippen LogP) is 0.379. The highest BCUT2D eigenvalue weighted by Gasteiger charge is 2.30. The van der Waals surface area contributed by atoms with Crippen LogP contribution in [0.2, 0.25) is 0 Å². The minimum Gasteiger partial charge on any atom is -0.396 e. The number of nitrogens with two attached hydrogens (primary N) is 1. The standard InChI is InChI=1S/C12H20N4O2/c1-15-11(13)10(8-14-15)12(18)16-6-2-4-9(16)5-3-7-17/h8-9,17H,2-7,13H2,1H3. The van der Waals surface area contributed by atoms with Crippen LogP contribution in [0.25, 0.3) is 0 Å². The average Bonchev–Trinajstić information content (AvgIpc) is 2.95. The summed E-state index contributed by atoms with van der Waals surface area (Å²) in [5.41, 5.74) is 6.31. The van der Waals surface area contributed by atoms with E-state index in [4.69, 9.17) is 10.8 Å². The molecule has 1 atom stereocenters. The molecule has 0 aliphatic carbocycles. The van der Waals surface area contributed by atoms with E-state index in [1.807, 2.05) is 4.90 Å². The van der Waals surface area contributed by atoms with E-state index < -0.39 is 0 Å². The van der Waals surface area contributed by atoms with Gasteiger partial charge < -0.3 is 15.7 Å². The Labute approximate surface area is 106 Å². The Balaban J connectivity index is 2.10. The summed E-state index contributed by atoms with van der Waals surface area (Å²) in [6, 6.07) is 0.226. The molecule has 1 amide bonds. The minimum absolute atomic E-state index is 0.0407. The number of aliphatic hydroxyl groups excluding tert-OH is 1. The van der Waals surface area contributed by atoms with E-state index in [9.17, 15) is 4.79 Å². The van der Waals surface area contributed by atoms with Gasteiger partial charge in [0.2, 0.25) is 0 Å². The van der Waals surface area contributed by atoms with Gasteiger partial charge in [0, 0.05) is 26.2 Å². The number of carbonyl (C=O) groups excluding carboxylic acids is 1. The van der Waals surface area contributed by atoms with Crippen LogP contribution in [0.15, 0.2) is 6.20 Å². The van der Waals surface area contributed by atoms with Crippen LogP contribution >= 0.6 is 0 Å². The number of nitrogen functional groups attached to an aromatic ring is 1. The molecule has 2 rings (SSSR count). The molecule has 1 aliphatic rings. The highest BCUT2D eigenvalue weighted by molar-refractivity contribution is 5.98. The second kappa shape index (κ2) is 5.39. The number of aryl methyl sites for hydroxylation is 1. The summed E-state index contributed by atoms with van der Waals surface area (Å²) < 4.78 is 1.51. The summed E-state index contributed by atoms with van der Waals surface area (Å²) in [7, 11) is 1.72. The molecular formula is C12H20N4O2. The van der Waals surface area contributed by atoms with E-state index in [0.717, 1.165) is 32.2 Å². The number of anilines is 1. The molecule has 0 saturated carbocycles. The van der Waals surface area contributed by atoms with Crippen molar-refractivity contribution in [1.82, 2.24) is 14.7 Å². The molecule has 0 aromatic carbocycles. The zero-order chi connectivity index (χ0) is 13.1. The fourth-order valence-corrected chi connectivity index (χ4v) is 2.50. The third-order valence-electron chi connectivity index (χ3n) is 3.55. The van der Waals surface area contributed by atoms with Gasteiger partial charge in [-0.15, -0.1) is 0 Å². The fraction of sp³-hybridized carbons (Fsp3) is 0.667. The summed E-state index contributed by atoms with van der Waals surface area (Å²) in [6.45, 7) is 0.941. The van der Waals surface area contributed by atoms with E-state index in [-0.39, 0.29) is 18.6 Å². The molecular weight excluding hydrogens is 232 g/mol. The van der Waals surface area contributed by atoms with Crippen LogP contribution in [-0.4, -0.2) is 44.9 Å². The van der Waals surface area contributed by atoms with E-state index in [2.05, 4.69) is 5.10 Å². The summed E-state index contributed by atoms with van der Waals surface area (Å²) >= 11 is 0. The molecule has 1 aliphatic heterocycles. The van der Waals surface area contributed by atoms with Crippen LogP contribution in [0.1, 0.15) is 36.0 Å². The van der Waals surface area contributed by atoms with Gasteiger partial charge in [0.25, 0.3) is 5.91 Å². The van der Waals surface area contributed by atoms with Crippen molar-refractivity contribution >= 4 is 11.7 Å². The molecule has 0 radical (unpaired) electrons. The number of nitrogens with zero attached hydrogens (tertiary/aromatic N) is 3. The smallest absolute Gasteiger partial charge is 0.259 e. The van der Waals surface area contributed by atoms with Crippen LogP contribution in [0.3, 0.4) is 0 Å². The SMILES string of the molecule is Cn1ncc(C(=O)N2CCCC2CCCO)c1N. The van der Waals surface area contributed by atoms with Crippen molar-refractivity contribution in [2.45, 2.75) is 31.7 Å². The summed E-state index contributed by atoms with van der Waals surface area (Å²) in [6.07, 6.45) is 5.13. The second-order valence-electron chi connectivity index (χ2n) is 4.73. The molecule has 6 nitrogen and oxygen atoms in total. The Morgan fingerprint density at radius 1 is 1.67 bits per heavy atom. The van der Waals surface area contributed by atoms with Gasteiger partial charge in [0.05, 0.1) is 6.20 Å². The molecule has 0 spiro atoms. The molecule has 6 heteroatoms. The van der Waals surface area contributed by atoms with Gasteiger partial charge in [0.15, 0.2) is 0 Å². The van der Waals surface area contributed by atoms with Crippen LogP contribution in [0.5, 0.6) is 0 Å². The maximum absolute atomic E-state index is 12.4. The van der Waals surface area contributed by atoms with Gasteiger partial charge in [-0.05, 0) is 25.7 Å². The minimum atomic E-state index is -0.0407. The highest BCUT2D eigenvalue weighted by Crippen LogP contribution is 2.24. The first-order valence-electron chi connectivity index (χ1n) is 6.34. The quantitative estimate of drug-likeness (QED) is 0.811. The molecule has 1 fully saturated rings. The first-order chi connectivity index (χ1) is 8.65. The summed E-state index contributed by atoms with van der Waals surface area (Å²) in [4.78, 5) is 14.2. The lowest BCUT2D eigenvalue weighted by Crippen LogP contribution is -2.35. The lowest BCUT2D eigenvalue weighted by atomic mass is 10.1. The zero-order valence-electron chi connectivity index (χ0n) is 10.7. The van der Waals surface area contributed by atoms with Crippen molar-refractivity contribution in [2.24, 2.45) is 7.05 Å². The molecule has 1 saturated heterocycles. The molecule has 1 unspecified atom stereocenters. The van der Waals surface area contributed by atoms with Gasteiger partial charge in [0.1, 0.15) is 11.4 Å². The molecule has 1 aromatic heterocycles. The largest absolute Gasteiger partial charge is 0.396 e. The van der Waals surface area contributed by atoms with Gasteiger partial charge in [-0.25, -0.2) is 0 Å². The molecule has 3 N–H and O–H groups in total. The number of amides is 1. The van der Waals surface area contributed by atoms with E-state index >= 15 is 0 Å². The number of carbonyl (C=O) groups is 1. The van der Waals surface area contributed by atoms with Crippen LogP contribution in [-0.2, 0) is 7.05 Å². The topological polar surface area (TPSA) is 84.4 Å². The number of aliphatic hydroxyl groups is 1. The fourth-order valence-electron chi connectivity index (χ4n) is 2.50. The number of aromatic nitrogens is 2. The van der Waals surface area contributed by atoms with Crippen molar-refractivity contribution in [1.29, 1.82) is 0 Å². The summed E-state index contributed by atoms with van der Waals surface area (Å²) in [5.74, 6) is 0.369. The summed E-state index contributed by atoms with van der Waals surface area (Å²) in [5, 5.41) is 12.9. The monoisotopic (exact) mass is 252 g/mol. The third kappa shape index (κ3) is 2.33. The molecule has 18 heavy (non-hydrogen) atoms. The maximum atomic E-state index is 12.4. The van der Waals surface area contributed by atoms with Gasteiger partial charge in [-0.2, -0.15) is 5.10 Å². The number of hydrogen-bond donors (Lipinski definition) is 2. The lowest BCUT2D eigenvalue weighted by Gasteiger charge is -2.24. The van der Waals surface area contributed by atoms with Crippen molar-refractivity contribution < 1.29 is 9.90 Å². The first kappa shape index (κ1) is 12.9. The Bertz CT molecular complexity index is 430. The molecule has 0 bridgehead atoms. The van der Waals surface area contributed by atoms with Gasteiger partial charge in [-0.3, -0.25) is 9.48 Å². The number of likely N-dealkylation sites (tertiary alicyclic amines) is 1. The predicted molar refractivity (Wildman–Crippen MR) is 68.0 cm³/mol. The number of hydrogen-bond acceptors (Lipinski definition) is 4. The van der Waals surface area contributed by atoms with Crippen LogP contribution in [0, 0.1) is 0 Å². The van der Waals surface area contributed by atoms with Crippen LogP contribution in [0.4, 0.5) is 5.82 Å². The van der Waals surface area contributed by atoms with E-state index in [1.165, 1.54) is 10.9 Å². The Morgan fingerprint density at radius 3 is 3.06 bits per heavy atom. The maximum Gasteiger partial charge on any atom is 0.259 e. The van der Waals surface area contributed by atoms with E-state index in [0.29, 0.717) is 11.4 Å². The van der Waals surface area contributed by atoms with Gasteiger partial charge >= 0.3 is 0 Å². The molecule has 2 heterocycles. The van der Waals surface area contributed by atoms with Crippen LogP contribution < -0.4 is 5.73 Å². The van der Waals surface area contributed by atoms with Crippen molar-refractivity contribution in [3.05, 3.63) is 11.8 Å². The Morgan fingerprint density at radius 2 is 2.44 bits per heavy atom. The van der Waals surface area contributed by atoms with Gasteiger partial charge in [-0.1, -0.05) is 0 Å². The van der Waals surface area contributed by atoms with Crippen molar-refractivity contribution in [2.75, 3.05) is 18.9 Å². The molecule has 1 aromatic rings. The number of rotatable bonds is 4. The molecule has 100 valence electrons. The first-order valence-corrected chi connectivity index (χ1v) is 6.34. The average molecular weight is 252 g/mol. The Hall–Kier alpha value is -1.56. The van der Waals surface area contributed by atoms with Crippen molar-refractivity contribution in [3.8, 4) is 0 Å². The second-order valence-corrected chi connectivity index (χ2v) is 4.73. The lowest BCUT2D eigenvalue weighted by molar-refractivity contribution is 0.0725. The third-order valence-corrected chi connectivity index (χ3v) is 3.55. The van der Waals surface area contributed by atoms with E-state index in [1.54, 1.807) is 7.05 Å².